The van der Waals surface area contributed by atoms with E-state index in [1.807, 2.05) is 4.90 Å². The molecule has 2 fully saturated rings. The molecule has 1 saturated carbocycles. The van der Waals surface area contributed by atoms with E-state index in [1.54, 1.807) is 18.3 Å². The van der Waals surface area contributed by atoms with Crippen LogP contribution >= 0.6 is 0 Å². The van der Waals surface area contributed by atoms with Crippen LogP contribution in [0.25, 0.3) is 0 Å². The maximum absolute atomic E-state index is 13.4. The fourth-order valence-corrected chi connectivity index (χ4v) is 4.55. The third kappa shape index (κ3) is 3.42. The number of alkyl halides is 2. The van der Waals surface area contributed by atoms with E-state index in [2.05, 4.69) is 4.98 Å². The summed E-state index contributed by atoms with van der Waals surface area (Å²) >= 11 is 0. The van der Waals surface area contributed by atoms with E-state index in [0.717, 1.165) is 31.4 Å². The smallest absolute Gasteiger partial charge is 0.267 e. The van der Waals surface area contributed by atoms with Crippen molar-refractivity contribution in [1.29, 1.82) is 0 Å². The second-order valence-corrected chi connectivity index (χ2v) is 7.89. The monoisotopic (exact) mass is 378 g/mol. The van der Waals surface area contributed by atoms with Crippen LogP contribution in [0.3, 0.4) is 0 Å². The third-order valence-electron chi connectivity index (χ3n) is 6.16. The molecule has 27 heavy (non-hydrogen) atoms. The molecule has 2 amide bonds. The summed E-state index contributed by atoms with van der Waals surface area (Å²) in [5.41, 5.74) is 7.61. The molecule has 1 aromatic heterocycles. The zero-order valence-electron chi connectivity index (χ0n) is 15.1. The lowest BCUT2D eigenvalue weighted by atomic mass is 9.81. The number of pyridine rings is 1. The van der Waals surface area contributed by atoms with Crippen molar-refractivity contribution in [2.45, 2.75) is 56.7 Å². The van der Waals surface area contributed by atoms with Gasteiger partial charge in [0, 0.05) is 25.2 Å². The molecule has 0 bridgehead atoms. The molecule has 2 aliphatic heterocycles. The van der Waals surface area contributed by atoms with Crippen LogP contribution in [0, 0.1) is 5.92 Å². The Morgan fingerprint density at radius 3 is 2.67 bits per heavy atom. The molecule has 3 heterocycles. The van der Waals surface area contributed by atoms with Gasteiger partial charge >= 0.3 is 0 Å². The van der Waals surface area contributed by atoms with Gasteiger partial charge in [-0.3, -0.25) is 14.6 Å². The molecule has 4 rings (SSSR count). The molecular weight excluding hydrogens is 354 g/mol. The first-order valence-corrected chi connectivity index (χ1v) is 9.53. The minimum Gasteiger partial charge on any atom is -0.335 e. The van der Waals surface area contributed by atoms with Crippen LogP contribution < -0.4 is 5.73 Å². The van der Waals surface area contributed by atoms with Gasteiger partial charge in [-0.2, -0.15) is 0 Å². The van der Waals surface area contributed by atoms with Crippen LogP contribution in [0.15, 0.2) is 18.3 Å². The number of amides is 2. The quantitative estimate of drug-likeness (QED) is 0.870. The van der Waals surface area contributed by atoms with Crippen LogP contribution in [-0.4, -0.2) is 57.7 Å². The summed E-state index contributed by atoms with van der Waals surface area (Å²) in [5.74, 6) is -3.18. The number of hydrogen-bond acceptors (Lipinski definition) is 4. The first-order valence-electron chi connectivity index (χ1n) is 9.53. The average molecular weight is 378 g/mol. The zero-order chi connectivity index (χ0) is 19.2. The van der Waals surface area contributed by atoms with E-state index in [0.29, 0.717) is 12.1 Å². The van der Waals surface area contributed by atoms with Crippen molar-refractivity contribution in [1.82, 2.24) is 14.8 Å². The molecule has 1 aromatic rings. The van der Waals surface area contributed by atoms with Gasteiger partial charge in [-0.15, -0.1) is 0 Å². The van der Waals surface area contributed by atoms with Gasteiger partial charge in [0.25, 0.3) is 11.8 Å². The maximum atomic E-state index is 13.4. The van der Waals surface area contributed by atoms with Crippen molar-refractivity contribution in [2.24, 2.45) is 11.7 Å². The maximum Gasteiger partial charge on any atom is 0.267 e. The summed E-state index contributed by atoms with van der Waals surface area (Å²) in [7, 11) is 0. The van der Waals surface area contributed by atoms with Gasteiger partial charge in [-0.25, -0.2) is 8.78 Å². The van der Waals surface area contributed by atoms with E-state index < -0.39 is 18.5 Å². The second kappa shape index (κ2) is 6.82. The summed E-state index contributed by atoms with van der Waals surface area (Å²) in [6.07, 6.45) is 4.37. The van der Waals surface area contributed by atoms with E-state index in [4.69, 9.17) is 5.73 Å². The lowest BCUT2D eigenvalue weighted by Gasteiger charge is -2.36. The van der Waals surface area contributed by atoms with Gasteiger partial charge in [-0.05, 0) is 43.7 Å². The Bertz CT molecular complexity index is 749. The topological polar surface area (TPSA) is 79.5 Å². The number of carbonyl (C=O) groups excluding carboxylic acids is 2. The normalized spacial score (nSPS) is 28.3. The fourth-order valence-electron chi connectivity index (χ4n) is 4.55. The molecule has 0 spiro atoms. The van der Waals surface area contributed by atoms with E-state index in [-0.39, 0.29) is 36.7 Å². The number of nitrogens with two attached hydrogens (primary N) is 1. The van der Waals surface area contributed by atoms with Crippen LogP contribution in [0.5, 0.6) is 0 Å². The second-order valence-electron chi connectivity index (χ2n) is 7.89. The standard InChI is InChI=1S/C19H24F2N4O2/c20-19(21)7-9-24(11-19)18(27)16(22)12-3-5-13(6-4-12)25-10-15-14(17(25)26)2-1-8-23-15/h1-2,8,12-13,16H,3-7,9-11,22H2/t12-,13-,16-/m0/s1. The van der Waals surface area contributed by atoms with Gasteiger partial charge < -0.3 is 15.5 Å². The molecule has 1 atom stereocenters. The zero-order valence-corrected chi connectivity index (χ0v) is 15.1. The largest absolute Gasteiger partial charge is 0.335 e. The van der Waals surface area contributed by atoms with Crippen molar-refractivity contribution in [3.8, 4) is 0 Å². The van der Waals surface area contributed by atoms with E-state index >= 15 is 0 Å². The molecule has 3 aliphatic rings. The fraction of sp³-hybridized carbons (Fsp3) is 0.632. The van der Waals surface area contributed by atoms with Crippen molar-refractivity contribution in [3.63, 3.8) is 0 Å². The molecule has 0 unspecified atom stereocenters. The van der Waals surface area contributed by atoms with Crippen molar-refractivity contribution in [3.05, 3.63) is 29.6 Å². The third-order valence-corrected chi connectivity index (χ3v) is 6.16. The first kappa shape index (κ1) is 18.3. The Kier molecular flexibility index (Phi) is 4.61. The van der Waals surface area contributed by atoms with Gasteiger partial charge in [0.2, 0.25) is 5.91 Å². The molecular formula is C19H24F2N4O2. The molecule has 1 saturated heterocycles. The minimum absolute atomic E-state index is 0.0150. The summed E-state index contributed by atoms with van der Waals surface area (Å²) in [6.45, 7) is 0.0724. The molecule has 0 aromatic carbocycles. The summed E-state index contributed by atoms with van der Waals surface area (Å²) < 4.78 is 26.7. The molecule has 0 radical (unpaired) electrons. The predicted molar refractivity (Wildman–Crippen MR) is 94.0 cm³/mol. The highest BCUT2D eigenvalue weighted by atomic mass is 19.3. The van der Waals surface area contributed by atoms with E-state index in [9.17, 15) is 18.4 Å². The Labute approximate surface area is 156 Å². The van der Waals surface area contributed by atoms with Gasteiger partial charge in [0.05, 0.1) is 30.4 Å². The van der Waals surface area contributed by atoms with Gasteiger partial charge in [0.15, 0.2) is 0 Å². The summed E-state index contributed by atoms with van der Waals surface area (Å²) in [4.78, 5) is 32.4. The van der Waals surface area contributed by atoms with Crippen LogP contribution in [0.2, 0.25) is 0 Å². The summed E-state index contributed by atoms with van der Waals surface area (Å²) in [5, 5.41) is 0. The highest BCUT2D eigenvalue weighted by Gasteiger charge is 2.43. The number of carbonyl (C=O) groups is 2. The lowest BCUT2D eigenvalue weighted by Crippen LogP contribution is -2.49. The SMILES string of the molecule is N[C@H](C(=O)N1CCC(F)(F)C1)[C@H]1CC[C@H](N2Cc3ncccc3C2=O)CC1. The summed E-state index contributed by atoms with van der Waals surface area (Å²) in [6, 6.07) is 2.94. The minimum atomic E-state index is -2.80. The first-order chi connectivity index (χ1) is 12.9. The van der Waals surface area contributed by atoms with E-state index in [1.165, 1.54) is 4.90 Å². The predicted octanol–water partition coefficient (Wildman–Crippen LogP) is 1.79. The number of hydrogen-bond donors (Lipinski definition) is 1. The van der Waals surface area contributed by atoms with Crippen molar-refractivity contribution < 1.29 is 18.4 Å². The van der Waals surface area contributed by atoms with Crippen molar-refractivity contribution in [2.75, 3.05) is 13.1 Å². The highest BCUT2D eigenvalue weighted by molar-refractivity contribution is 5.97. The van der Waals surface area contributed by atoms with Crippen LogP contribution in [-0.2, 0) is 11.3 Å². The molecule has 8 heteroatoms. The van der Waals surface area contributed by atoms with Crippen LogP contribution in [0.1, 0.15) is 48.2 Å². The number of nitrogens with zero attached hydrogens (tertiary/aromatic N) is 3. The van der Waals surface area contributed by atoms with Gasteiger partial charge in [0.1, 0.15) is 0 Å². The number of rotatable bonds is 3. The van der Waals surface area contributed by atoms with Gasteiger partial charge in [-0.1, -0.05) is 0 Å². The van der Waals surface area contributed by atoms with Crippen LogP contribution in [0.4, 0.5) is 8.78 Å². The molecule has 6 nitrogen and oxygen atoms in total. The number of aromatic nitrogens is 1. The lowest BCUT2D eigenvalue weighted by molar-refractivity contribution is -0.134. The Balaban J connectivity index is 1.33. The molecule has 2 N–H and O–H groups in total. The number of likely N-dealkylation sites (tertiary alicyclic amines) is 1. The van der Waals surface area contributed by atoms with Crippen molar-refractivity contribution >= 4 is 11.8 Å². The number of halogens is 2. The Morgan fingerprint density at radius 1 is 1.30 bits per heavy atom. The Hall–Kier alpha value is -2.09. The highest BCUT2D eigenvalue weighted by Crippen LogP contribution is 2.34. The number of fused-ring (bicyclic) bond motifs is 1. The average Bonchev–Trinajstić information content (AvgIpc) is 3.20. The Morgan fingerprint density at radius 2 is 2.04 bits per heavy atom. The molecule has 146 valence electrons. The molecule has 1 aliphatic carbocycles.